The number of anilines is 1. The first-order valence-corrected chi connectivity index (χ1v) is 18.6. The first-order chi connectivity index (χ1) is 17.5. The zero-order chi connectivity index (χ0) is 25.9. The molecule has 0 bridgehead atoms. The Morgan fingerprint density at radius 3 is 2.42 bits per heavy atom. The summed E-state index contributed by atoms with van der Waals surface area (Å²) in [4.78, 5) is 17.7. The number of nitrogens with zero attached hydrogens (tertiary/aromatic N) is 5. The maximum Gasteiger partial charge on any atom is 0.346 e. The van der Waals surface area contributed by atoms with Crippen molar-refractivity contribution in [2.75, 3.05) is 44.2 Å². The van der Waals surface area contributed by atoms with E-state index in [4.69, 9.17) is 16.3 Å². The quantitative estimate of drug-likeness (QED) is 0.301. The number of rotatable bonds is 10. The number of aliphatic hydroxyl groups is 1. The molecule has 0 aliphatic carbocycles. The van der Waals surface area contributed by atoms with Crippen LogP contribution in [0.25, 0.3) is 0 Å². The summed E-state index contributed by atoms with van der Waals surface area (Å²) in [5.74, 6) is 1.12. The fourth-order valence-corrected chi connectivity index (χ4v) is 4.43. The van der Waals surface area contributed by atoms with Gasteiger partial charge in [-0.15, -0.1) is 0 Å². The molecule has 1 aliphatic rings. The Morgan fingerprint density at radius 1 is 1.03 bits per heavy atom. The molecule has 2 heterocycles. The van der Waals surface area contributed by atoms with Crippen molar-refractivity contribution in [1.82, 2.24) is 19.2 Å². The van der Waals surface area contributed by atoms with Crippen LogP contribution in [-0.2, 0) is 13.1 Å². The molecule has 3 aromatic rings. The molecule has 1 saturated heterocycles. The van der Waals surface area contributed by atoms with E-state index < -0.39 is 6.10 Å². The number of aliphatic hydroxyl groups excluding tert-OH is 1. The van der Waals surface area contributed by atoms with E-state index in [1.807, 2.05) is 48.5 Å². The minimum atomic E-state index is -0.828. The Labute approximate surface area is 240 Å². The first-order valence-electron chi connectivity index (χ1n) is 11.9. The van der Waals surface area contributed by atoms with Gasteiger partial charge in [-0.05, 0) is 43.7 Å². The largest absolute Gasteiger partial charge is 0.492 e. The van der Waals surface area contributed by atoms with Gasteiger partial charge in [0.1, 0.15) is 18.5 Å². The van der Waals surface area contributed by atoms with Crippen molar-refractivity contribution in [3.05, 3.63) is 75.9 Å². The summed E-state index contributed by atoms with van der Waals surface area (Å²) < 4.78 is 8.70. The van der Waals surface area contributed by atoms with Crippen LogP contribution in [0.1, 0.15) is 25.3 Å². The molecule has 0 spiro atoms. The molecular formula is C25H32ClI2N5O3. The summed E-state index contributed by atoms with van der Waals surface area (Å²) >= 11 is 10.4. The SMILES string of the molecule is CC(O)c1nn(CCCN2CCN(c3cccc(Cl)c3)CC2)c(=O)n1CCOc1ccccc1.II. The maximum absolute atomic E-state index is 12.9. The van der Waals surface area contributed by atoms with Gasteiger partial charge in [-0.3, -0.25) is 9.47 Å². The predicted octanol–water partition coefficient (Wildman–Crippen LogP) is 4.81. The number of halogens is 3. The van der Waals surface area contributed by atoms with Gasteiger partial charge >= 0.3 is 5.69 Å². The number of aryl methyl sites for hydroxylation is 1. The summed E-state index contributed by atoms with van der Waals surface area (Å²) in [6.45, 7) is 7.51. The van der Waals surface area contributed by atoms with Crippen LogP contribution in [0, 0.1) is 0 Å². The van der Waals surface area contributed by atoms with Crippen LogP contribution in [0.2, 0.25) is 5.02 Å². The van der Waals surface area contributed by atoms with Crippen LogP contribution in [0.5, 0.6) is 5.75 Å². The van der Waals surface area contributed by atoms with Crippen molar-refractivity contribution in [2.45, 2.75) is 32.5 Å². The van der Waals surface area contributed by atoms with Gasteiger partial charge in [-0.2, -0.15) is 5.10 Å². The smallest absolute Gasteiger partial charge is 0.346 e. The van der Waals surface area contributed by atoms with Crippen LogP contribution in [0.15, 0.2) is 59.4 Å². The lowest BCUT2D eigenvalue weighted by atomic mass is 10.2. The van der Waals surface area contributed by atoms with E-state index in [1.165, 1.54) is 9.25 Å². The van der Waals surface area contributed by atoms with Gasteiger partial charge in [0, 0.05) is 87.2 Å². The third kappa shape index (κ3) is 8.33. The first kappa shape index (κ1) is 29.2. The Kier molecular flexibility index (Phi) is 12.3. The van der Waals surface area contributed by atoms with E-state index in [0.717, 1.165) is 55.6 Å². The molecule has 196 valence electrons. The maximum atomic E-state index is 12.9. The molecule has 1 N–H and O–H groups in total. The second kappa shape index (κ2) is 15.2. The summed E-state index contributed by atoms with van der Waals surface area (Å²) in [6.07, 6.45) is -0.0151. The van der Waals surface area contributed by atoms with Crippen molar-refractivity contribution in [3.8, 4) is 5.75 Å². The van der Waals surface area contributed by atoms with Crippen molar-refractivity contribution >= 4 is 54.5 Å². The molecule has 0 amide bonds. The highest BCUT2D eigenvalue weighted by Crippen LogP contribution is 2.20. The van der Waals surface area contributed by atoms with Crippen LogP contribution >= 0.6 is 48.8 Å². The standard InChI is InChI=1S/C25H32ClN5O3.I2/c1-20(32)24-27-31(25(33)30(24)17-18-34-23-9-3-2-4-10-23)12-6-11-28-13-15-29(16-14-28)22-8-5-7-21(26)19-22;1-2/h2-5,7-10,19-20,32H,6,11-18H2,1H3;. The zero-order valence-electron chi connectivity index (χ0n) is 20.3. The number of benzene rings is 2. The number of hydrogen-bond donors (Lipinski definition) is 1. The van der Waals surface area contributed by atoms with Crippen LogP contribution in [0.3, 0.4) is 0 Å². The van der Waals surface area contributed by atoms with E-state index in [1.54, 1.807) is 6.92 Å². The summed E-state index contributed by atoms with van der Waals surface area (Å²) in [6, 6.07) is 17.4. The molecule has 2 aromatic carbocycles. The molecule has 1 aromatic heterocycles. The Morgan fingerprint density at radius 2 is 1.75 bits per heavy atom. The van der Waals surface area contributed by atoms with Gasteiger partial charge in [0.05, 0.1) is 6.54 Å². The van der Waals surface area contributed by atoms with Crippen molar-refractivity contribution in [3.63, 3.8) is 0 Å². The normalized spacial score (nSPS) is 14.8. The lowest BCUT2D eigenvalue weighted by molar-refractivity contribution is 0.179. The molecule has 1 aliphatic heterocycles. The highest BCUT2D eigenvalue weighted by Gasteiger charge is 2.19. The second-order valence-corrected chi connectivity index (χ2v) is 8.95. The lowest BCUT2D eigenvalue weighted by Gasteiger charge is -2.36. The monoisotopic (exact) mass is 739 g/mol. The average molecular weight is 740 g/mol. The Bertz CT molecular complexity index is 1120. The van der Waals surface area contributed by atoms with Crippen LogP contribution in [0.4, 0.5) is 5.69 Å². The fourth-order valence-electron chi connectivity index (χ4n) is 4.24. The zero-order valence-corrected chi connectivity index (χ0v) is 25.3. The van der Waals surface area contributed by atoms with Gasteiger partial charge < -0.3 is 14.7 Å². The molecule has 8 nitrogen and oxygen atoms in total. The van der Waals surface area contributed by atoms with E-state index >= 15 is 0 Å². The van der Waals surface area contributed by atoms with Gasteiger partial charge in [-0.25, -0.2) is 9.48 Å². The van der Waals surface area contributed by atoms with Gasteiger partial charge in [0.2, 0.25) is 0 Å². The second-order valence-electron chi connectivity index (χ2n) is 8.52. The van der Waals surface area contributed by atoms with Crippen LogP contribution in [-0.4, -0.2) is 63.7 Å². The van der Waals surface area contributed by atoms with Crippen molar-refractivity contribution in [2.24, 2.45) is 0 Å². The Balaban J connectivity index is 0.00000176. The molecule has 0 saturated carbocycles. The Hall–Kier alpha value is -1.35. The minimum Gasteiger partial charge on any atom is -0.492 e. The highest BCUT2D eigenvalue weighted by molar-refractivity contribution is 15.0. The van der Waals surface area contributed by atoms with Crippen molar-refractivity contribution in [1.29, 1.82) is 0 Å². The highest BCUT2D eigenvalue weighted by atomic mass is 128. The van der Waals surface area contributed by atoms with E-state index in [0.29, 0.717) is 25.5 Å². The number of aromatic nitrogens is 3. The van der Waals surface area contributed by atoms with Gasteiger partial charge in [-0.1, -0.05) is 35.9 Å². The molecule has 1 fully saturated rings. The third-order valence-electron chi connectivity index (χ3n) is 6.04. The number of para-hydroxylation sites is 1. The predicted molar refractivity (Wildman–Crippen MR) is 162 cm³/mol. The summed E-state index contributed by atoms with van der Waals surface area (Å²) in [7, 11) is 0. The fraction of sp³-hybridized carbons (Fsp3) is 0.440. The molecule has 11 heteroatoms. The molecule has 1 atom stereocenters. The van der Waals surface area contributed by atoms with E-state index in [2.05, 4.69) is 58.2 Å². The van der Waals surface area contributed by atoms with Gasteiger partial charge in [0.15, 0.2) is 5.82 Å². The number of ether oxygens (including phenoxy) is 1. The van der Waals surface area contributed by atoms with Crippen molar-refractivity contribution < 1.29 is 9.84 Å². The van der Waals surface area contributed by atoms with E-state index in [9.17, 15) is 9.90 Å². The average Bonchev–Trinajstić information content (AvgIpc) is 3.22. The van der Waals surface area contributed by atoms with Crippen LogP contribution < -0.4 is 15.3 Å². The molecule has 4 rings (SSSR count). The lowest BCUT2D eigenvalue weighted by Crippen LogP contribution is -2.46. The molecule has 36 heavy (non-hydrogen) atoms. The molecule has 1 unspecified atom stereocenters. The summed E-state index contributed by atoms with van der Waals surface area (Å²) in [5, 5.41) is 15.3. The molecular weight excluding hydrogens is 708 g/mol. The summed E-state index contributed by atoms with van der Waals surface area (Å²) in [5.41, 5.74) is 0.949. The topological polar surface area (TPSA) is 75.8 Å². The third-order valence-corrected chi connectivity index (χ3v) is 6.28. The number of piperazine rings is 1. The minimum absolute atomic E-state index is 0.210. The van der Waals surface area contributed by atoms with E-state index in [-0.39, 0.29) is 5.69 Å². The number of hydrogen-bond acceptors (Lipinski definition) is 6. The van der Waals surface area contributed by atoms with Gasteiger partial charge in [0.25, 0.3) is 0 Å². The molecule has 0 radical (unpaired) electrons.